The maximum atomic E-state index is 13.1. The molecule has 0 saturated carbocycles. The number of aromatic amines is 1. The second kappa shape index (κ2) is 9.32. The van der Waals surface area contributed by atoms with Gasteiger partial charge >= 0.3 is 11.3 Å². The second-order valence-electron chi connectivity index (χ2n) is 7.89. The zero-order chi connectivity index (χ0) is 24.4. The van der Waals surface area contributed by atoms with E-state index in [1.807, 2.05) is 0 Å². The Balaban J connectivity index is 1.52. The van der Waals surface area contributed by atoms with Crippen LogP contribution < -0.4 is 25.3 Å². The van der Waals surface area contributed by atoms with E-state index in [4.69, 9.17) is 9.26 Å². The van der Waals surface area contributed by atoms with Crippen LogP contribution in [0.1, 0.15) is 19.0 Å². The highest BCUT2D eigenvalue weighted by Gasteiger charge is 2.43. The molecular weight excluding hydrogens is 442 g/mol. The number of rotatable bonds is 7. The zero-order valence-corrected chi connectivity index (χ0v) is 18.9. The summed E-state index contributed by atoms with van der Waals surface area (Å²) in [5, 5.41) is 5.21. The second-order valence-corrected chi connectivity index (χ2v) is 7.89. The van der Waals surface area contributed by atoms with Crippen molar-refractivity contribution >= 4 is 29.1 Å². The van der Waals surface area contributed by atoms with E-state index in [0.29, 0.717) is 22.8 Å². The van der Waals surface area contributed by atoms with E-state index in [1.165, 1.54) is 11.6 Å². The van der Waals surface area contributed by atoms with Crippen molar-refractivity contribution in [2.24, 2.45) is 0 Å². The van der Waals surface area contributed by atoms with Crippen LogP contribution in [0.4, 0.5) is 11.4 Å². The van der Waals surface area contributed by atoms with Gasteiger partial charge in [-0.3, -0.25) is 23.8 Å². The molecule has 4 rings (SSSR count). The number of methoxy groups -OCH3 is 1. The van der Waals surface area contributed by atoms with Crippen LogP contribution in [0.15, 0.2) is 57.8 Å². The summed E-state index contributed by atoms with van der Waals surface area (Å²) in [5.74, 6) is -0.299. The lowest BCUT2D eigenvalue weighted by atomic mass is 10.2. The number of carbonyl (C=O) groups excluding carboxylic acids is 3. The van der Waals surface area contributed by atoms with Crippen LogP contribution in [0.25, 0.3) is 5.69 Å². The molecule has 1 aromatic heterocycles. The van der Waals surface area contributed by atoms with Gasteiger partial charge in [0, 0.05) is 24.7 Å². The van der Waals surface area contributed by atoms with Gasteiger partial charge in [-0.05, 0) is 53.4 Å². The van der Waals surface area contributed by atoms with Crippen molar-refractivity contribution in [2.75, 3.05) is 24.4 Å². The molecule has 2 N–H and O–H groups in total. The van der Waals surface area contributed by atoms with E-state index in [-0.39, 0.29) is 30.5 Å². The quantitative estimate of drug-likeness (QED) is 0.392. The van der Waals surface area contributed by atoms with E-state index in [9.17, 15) is 19.2 Å². The third-order valence-corrected chi connectivity index (χ3v) is 5.57. The average Bonchev–Trinajstić information content (AvgIpc) is 3.32. The van der Waals surface area contributed by atoms with E-state index in [1.54, 1.807) is 67.6 Å². The number of amides is 3. The lowest BCUT2D eigenvalue weighted by Gasteiger charge is -2.21. The Bertz CT molecular complexity index is 1280. The molecule has 1 aliphatic heterocycles. The fourth-order valence-corrected chi connectivity index (χ4v) is 3.84. The molecule has 0 radical (unpaired) electrons. The summed E-state index contributed by atoms with van der Waals surface area (Å²) < 4.78 is 11.6. The molecule has 1 fully saturated rings. The molecular formula is C23H24N5O6+. The van der Waals surface area contributed by atoms with Gasteiger partial charge in [-0.25, -0.2) is 9.69 Å². The van der Waals surface area contributed by atoms with Crippen LogP contribution in [-0.2, 0) is 20.9 Å². The Morgan fingerprint density at radius 2 is 1.85 bits per heavy atom. The first-order valence-electron chi connectivity index (χ1n) is 10.5. The number of hydrogen-bond acceptors (Lipinski definition) is 7. The number of likely N-dealkylation sites (N-methyl/N-ethyl adjacent to an activating group) is 1. The minimum absolute atomic E-state index is 0.0267. The third-order valence-electron chi connectivity index (χ3n) is 5.57. The summed E-state index contributed by atoms with van der Waals surface area (Å²) >= 11 is 0. The van der Waals surface area contributed by atoms with Crippen LogP contribution in [0.3, 0.4) is 0 Å². The molecule has 1 aliphatic rings. The standard InChI is InChI=1S/C23H23N5O6/c1-14(29)24-15-4-6-16(7-5-15)27-21(30)12-19(22(27)31)26(2)13-20-23(32)34-25-28(20)17-8-10-18(33-3)11-9-17/h4-11,19H,12-13H2,1-3H3,(H-,24,25,29,32)/p+1. The van der Waals surface area contributed by atoms with Crippen molar-refractivity contribution in [1.29, 1.82) is 0 Å². The third kappa shape index (κ3) is 4.46. The summed E-state index contributed by atoms with van der Waals surface area (Å²) in [6.07, 6.45) is -0.0267. The van der Waals surface area contributed by atoms with E-state index >= 15 is 0 Å². The number of nitrogens with one attached hydrogen (secondary N) is 2. The molecule has 34 heavy (non-hydrogen) atoms. The maximum absolute atomic E-state index is 13.1. The first-order chi connectivity index (χ1) is 16.3. The molecule has 2 heterocycles. The summed E-state index contributed by atoms with van der Waals surface area (Å²) in [6.45, 7) is 1.46. The molecule has 0 spiro atoms. The van der Waals surface area contributed by atoms with Crippen LogP contribution in [0.5, 0.6) is 5.75 Å². The minimum Gasteiger partial charge on any atom is -0.497 e. The summed E-state index contributed by atoms with van der Waals surface area (Å²) in [5.41, 5.74) is 1.31. The Morgan fingerprint density at radius 3 is 2.47 bits per heavy atom. The summed E-state index contributed by atoms with van der Waals surface area (Å²) in [7, 11) is 3.23. The highest BCUT2D eigenvalue weighted by Crippen LogP contribution is 2.27. The van der Waals surface area contributed by atoms with Gasteiger partial charge in [0.15, 0.2) is 0 Å². The van der Waals surface area contributed by atoms with Crippen molar-refractivity contribution in [1.82, 2.24) is 10.2 Å². The highest BCUT2D eigenvalue weighted by atomic mass is 16.5. The van der Waals surface area contributed by atoms with Gasteiger partial charge in [-0.15, -0.1) is 0 Å². The van der Waals surface area contributed by atoms with Gasteiger partial charge in [0.1, 0.15) is 5.75 Å². The Morgan fingerprint density at radius 1 is 1.18 bits per heavy atom. The highest BCUT2D eigenvalue weighted by molar-refractivity contribution is 6.22. The zero-order valence-electron chi connectivity index (χ0n) is 18.9. The molecule has 3 aromatic rings. The van der Waals surface area contributed by atoms with Gasteiger partial charge in [-0.1, -0.05) is 0 Å². The molecule has 0 aliphatic carbocycles. The number of nitrogens with zero attached hydrogens (tertiary/aromatic N) is 3. The lowest BCUT2D eigenvalue weighted by molar-refractivity contribution is -0.678. The van der Waals surface area contributed by atoms with Gasteiger partial charge in [-0.2, -0.15) is 0 Å². The molecule has 11 nitrogen and oxygen atoms in total. The molecule has 1 atom stereocenters. The molecule has 0 bridgehead atoms. The van der Waals surface area contributed by atoms with Crippen LogP contribution in [0.2, 0.25) is 0 Å². The SMILES string of the molecule is COc1ccc(-[n+]2[nH]oc(=O)c2CN(C)C2CC(=O)N(c3ccc(NC(C)=O)cc3)C2=O)cc1. The van der Waals surface area contributed by atoms with Crippen molar-refractivity contribution in [3.63, 3.8) is 0 Å². The van der Waals surface area contributed by atoms with Crippen LogP contribution >= 0.6 is 0 Å². The van der Waals surface area contributed by atoms with Gasteiger partial charge in [0.05, 0.1) is 31.8 Å². The molecule has 176 valence electrons. The topological polar surface area (TPSA) is 129 Å². The van der Waals surface area contributed by atoms with Crippen LogP contribution in [0, 0.1) is 0 Å². The number of H-pyrrole nitrogens is 1. The molecule has 3 amide bonds. The number of imide groups is 1. The predicted octanol–water partition coefficient (Wildman–Crippen LogP) is 0.975. The van der Waals surface area contributed by atoms with Crippen molar-refractivity contribution in [3.8, 4) is 11.4 Å². The minimum atomic E-state index is -0.749. The Hall–Kier alpha value is -4.25. The normalized spacial score (nSPS) is 15.8. The average molecular weight is 466 g/mol. The molecule has 1 saturated heterocycles. The fraction of sp³-hybridized carbons (Fsp3) is 0.261. The van der Waals surface area contributed by atoms with Crippen LogP contribution in [-0.4, -0.2) is 48.1 Å². The summed E-state index contributed by atoms with van der Waals surface area (Å²) in [6, 6.07) is 12.7. The number of hydrogen-bond donors (Lipinski definition) is 2. The van der Waals surface area contributed by atoms with Crippen molar-refractivity contribution < 1.29 is 28.3 Å². The van der Waals surface area contributed by atoms with E-state index < -0.39 is 17.6 Å². The monoisotopic (exact) mass is 466 g/mol. The number of ether oxygens (including phenoxy) is 1. The number of anilines is 2. The van der Waals surface area contributed by atoms with Crippen molar-refractivity contribution in [3.05, 3.63) is 64.6 Å². The predicted molar refractivity (Wildman–Crippen MR) is 121 cm³/mol. The lowest BCUT2D eigenvalue weighted by Crippen LogP contribution is -2.45. The number of benzene rings is 2. The van der Waals surface area contributed by atoms with Gasteiger partial charge in [0.25, 0.3) is 5.91 Å². The Kier molecular flexibility index (Phi) is 6.28. The first kappa shape index (κ1) is 22.9. The number of aromatic nitrogens is 2. The fourth-order valence-electron chi connectivity index (χ4n) is 3.84. The number of carbonyl (C=O) groups is 3. The smallest absolute Gasteiger partial charge is 0.431 e. The Labute approximate surface area is 194 Å². The molecule has 1 unspecified atom stereocenters. The molecule has 11 heteroatoms. The van der Waals surface area contributed by atoms with Crippen molar-refractivity contribution in [2.45, 2.75) is 25.9 Å². The first-order valence-corrected chi connectivity index (χ1v) is 10.5. The summed E-state index contributed by atoms with van der Waals surface area (Å²) in [4.78, 5) is 52.1. The van der Waals surface area contributed by atoms with Gasteiger partial charge in [0.2, 0.25) is 17.5 Å². The molecule has 2 aromatic carbocycles. The maximum Gasteiger partial charge on any atom is 0.431 e. The largest absolute Gasteiger partial charge is 0.497 e. The van der Waals surface area contributed by atoms with Gasteiger partial charge < -0.3 is 10.1 Å². The van der Waals surface area contributed by atoms with E-state index in [0.717, 1.165) is 4.90 Å². The van der Waals surface area contributed by atoms with E-state index in [2.05, 4.69) is 10.6 Å².